The minimum atomic E-state index is -2.10. The van der Waals surface area contributed by atoms with E-state index >= 15 is 0 Å². The quantitative estimate of drug-likeness (QED) is 0.193. The van der Waals surface area contributed by atoms with Crippen molar-refractivity contribution in [2.24, 2.45) is 0 Å². The molecule has 0 aromatic carbocycles. The Labute approximate surface area is 174 Å². The SMILES string of the molecule is CC(C)=C(O)[C@H](O)[C@@H](O)C(=O)[O-].CC(C)=C(O)[C@H](O)[C@@H](O)C(=O)[O-].[Ca+2]. The maximum Gasteiger partial charge on any atom is 2.00 e. The number of hydrogen-bond acceptors (Lipinski definition) is 10. The number of allylic oxidation sites excluding steroid dienone is 2. The predicted octanol–water partition coefficient (Wildman–Crippen LogP) is -3.76. The van der Waals surface area contributed by atoms with Crippen molar-refractivity contribution in [1.82, 2.24) is 0 Å². The summed E-state index contributed by atoms with van der Waals surface area (Å²) in [6, 6.07) is 0. The number of rotatable bonds is 6. The number of hydrogen-bond donors (Lipinski definition) is 6. The summed E-state index contributed by atoms with van der Waals surface area (Å²) < 4.78 is 0. The zero-order chi connectivity index (χ0) is 19.8. The van der Waals surface area contributed by atoms with Crippen LogP contribution >= 0.6 is 0 Å². The smallest absolute Gasteiger partial charge is 0.547 e. The van der Waals surface area contributed by atoms with Crippen LogP contribution in [0.5, 0.6) is 0 Å². The van der Waals surface area contributed by atoms with Gasteiger partial charge in [-0.3, -0.25) is 0 Å². The van der Waals surface area contributed by atoms with Crippen molar-refractivity contribution in [2.45, 2.75) is 52.1 Å². The van der Waals surface area contributed by atoms with Crippen molar-refractivity contribution in [2.75, 3.05) is 0 Å². The number of aliphatic hydroxyl groups is 6. The zero-order valence-corrected chi connectivity index (χ0v) is 16.5. The Morgan fingerprint density at radius 1 is 0.640 bits per heavy atom. The van der Waals surface area contributed by atoms with Crippen LogP contribution in [0.2, 0.25) is 0 Å². The Bertz CT molecular complexity index is 460. The van der Waals surface area contributed by atoms with E-state index in [2.05, 4.69) is 0 Å². The summed E-state index contributed by atoms with van der Waals surface area (Å²) in [5, 5.41) is 73.3. The van der Waals surface area contributed by atoms with Gasteiger partial charge in [0, 0.05) is 0 Å². The van der Waals surface area contributed by atoms with Crippen molar-refractivity contribution >= 4 is 49.7 Å². The summed E-state index contributed by atoms with van der Waals surface area (Å²) in [5.74, 6) is -4.75. The molecule has 25 heavy (non-hydrogen) atoms. The van der Waals surface area contributed by atoms with E-state index in [0.29, 0.717) is 11.1 Å². The van der Waals surface area contributed by atoms with Crippen LogP contribution in [0.15, 0.2) is 22.7 Å². The van der Waals surface area contributed by atoms with Gasteiger partial charge in [-0.2, -0.15) is 0 Å². The first-order valence-electron chi connectivity index (χ1n) is 6.62. The van der Waals surface area contributed by atoms with Gasteiger partial charge in [-0.1, -0.05) is 0 Å². The molecule has 0 amide bonds. The molecule has 0 radical (unpaired) electrons. The molecule has 0 unspecified atom stereocenters. The summed E-state index contributed by atoms with van der Waals surface area (Å²) in [5.41, 5.74) is 0.672. The molecule has 0 aliphatic rings. The Morgan fingerprint density at radius 3 is 0.960 bits per heavy atom. The van der Waals surface area contributed by atoms with Gasteiger partial charge in [0.2, 0.25) is 0 Å². The topological polar surface area (TPSA) is 202 Å². The zero-order valence-electron chi connectivity index (χ0n) is 14.3. The van der Waals surface area contributed by atoms with E-state index in [0.717, 1.165) is 0 Å². The van der Waals surface area contributed by atoms with Crippen LogP contribution in [0.1, 0.15) is 27.7 Å². The van der Waals surface area contributed by atoms with E-state index in [1.165, 1.54) is 27.7 Å². The maximum absolute atomic E-state index is 10.0. The van der Waals surface area contributed by atoms with Crippen LogP contribution in [-0.2, 0) is 9.59 Å². The molecule has 0 heterocycles. The average molecular weight is 390 g/mol. The molecule has 0 fully saturated rings. The maximum atomic E-state index is 10.0. The summed E-state index contributed by atoms with van der Waals surface area (Å²) >= 11 is 0. The van der Waals surface area contributed by atoms with E-state index < -0.39 is 47.9 Å². The molecular formula is C14H22CaO10. The molecule has 0 rings (SSSR count). The van der Waals surface area contributed by atoms with E-state index in [-0.39, 0.29) is 37.7 Å². The molecule has 0 aromatic rings. The van der Waals surface area contributed by atoms with Gasteiger partial charge in [0.05, 0.1) is 11.9 Å². The Hall–Kier alpha value is -0.880. The van der Waals surface area contributed by atoms with Gasteiger partial charge in [-0.25, -0.2) is 0 Å². The summed E-state index contributed by atoms with van der Waals surface area (Å²) in [7, 11) is 0. The minimum Gasteiger partial charge on any atom is -0.547 e. The average Bonchev–Trinajstić information content (AvgIpc) is 2.50. The van der Waals surface area contributed by atoms with Crippen LogP contribution in [0.25, 0.3) is 0 Å². The molecule has 0 saturated carbocycles. The van der Waals surface area contributed by atoms with Crippen molar-refractivity contribution in [3.8, 4) is 0 Å². The third-order valence-electron chi connectivity index (χ3n) is 2.67. The standard InChI is InChI=1S/2C7H12O5.Ca/c2*1-3(2)4(8)5(9)6(10)7(11)12;/h2*5-6,8-10H,1-2H3,(H,11,12);/q;;+2/p-2/t2*5-,6+;/m00./s1. The van der Waals surface area contributed by atoms with Crippen molar-refractivity contribution in [3.05, 3.63) is 22.7 Å². The van der Waals surface area contributed by atoms with E-state index in [1.54, 1.807) is 0 Å². The van der Waals surface area contributed by atoms with Crippen LogP contribution < -0.4 is 10.2 Å². The second kappa shape index (κ2) is 13.3. The Kier molecular flexibility index (Phi) is 15.4. The third-order valence-corrected chi connectivity index (χ3v) is 2.67. The fourth-order valence-corrected chi connectivity index (χ4v) is 1.15. The largest absolute Gasteiger partial charge is 2.00 e. The molecule has 0 saturated heterocycles. The molecule has 0 aromatic heterocycles. The van der Waals surface area contributed by atoms with Gasteiger partial charge in [0.1, 0.15) is 35.9 Å². The second-order valence-corrected chi connectivity index (χ2v) is 5.19. The summed E-state index contributed by atoms with van der Waals surface area (Å²) in [6.07, 6.45) is -7.83. The molecule has 0 bridgehead atoms. The van der Waals surface area contributed by atoms with Gasteiger partial charge in [0.15, 0.2) is 0 Å². The molecule has 0 aliphatic carbocycles. The first-order chi connectivity index (χ1) is 10.7. The van der Waals surface area contributed by atoms with Crippen LogP contribution in [0, 0.1) is 0 Å². The molecule has 6 N–H and O–H groups in total. The number of aliphatic carboxylic acids is 2. The van der Waals surface area contributed by atoms with Gasteiger partial charge < -0.3 is 50.4 Å². The first kappa shape index (κ1) is 28.9. The normalized spacial score (nSPS) is 14.4. The van der Waals surface area contributed by atoms with Gasteiger partial charge in [-0.05, 0) is 38.8 Å². The van der Waals surface area contributed by atoms with E-state index in [4.69, 9.17) is 30.6 Å². The molecule has 140 valence electrons. The van der Waals surface area contributed by atoms with Crippen molar-refractivity contribution in [3.63, 3.8) is 0 Å². The summed E-state index contributed by atoms with van der Waals surface area (Å²) in [6.45, 7) is 5.89. The van der Waals surface area contributed by atoms with Crippen molar-refractivity contribution < 1.29 is 50.4 Å². The van der Waals surface area contributed by atoms with Crippen molar-refractivity contribution in [1.29, 1.82) is 0 Å². The van der Waals surface area contributed by atoms with Crippen LogP contribution in [0.3, 0.4) is 0 Å². The molecule has 10 nitrogen and oxygen atoms in total. The van der Waals surface area contributed by atoms with Gasteiger partial charge in [0.25, 0.3) is 0 Å². The summed E-state index contributed by atoms with van der Waals surface area (Å²) in [4.78, 5) is 20.0. The van der Waals surface area contributed by atoms with E-state index in [1.807, 2.05) is 0 Å². The number of aliphatic hydroxyl groups excluding tert-OH is 6. The molecule has 0 spiro atoms. The van der Waals surface area contributed by atoms with Crippen LogP contribution in [0.4, 0.5) is 0 Å². The number of carbonyl (C=O) groups excluding carboxylic acids is 2. The monoisotopic (exact) mass is 390 g/mol. The third kappa shape index (κ3) is 10.6. The second-order valence-electron chi connectivity index (χ2n) is 5.19. The Morgan fingerprint density at radius 2 is 0.840 bits per heavy atom. The minimum absolute atomic E-state index is 0. The number of carboxylic acids is 2. The molecular weight excluding hydrogens is 368 g/mol. The Balaban J connectivity index is -0.000000372. The molecule has 4 atom stereocenters. The first-order valence-corrected chi connectivity index (χ1v) is 6.62. The molecule has 0 aliphatic heterocycles. The number of carboxylic acid groups (broad SMARTS) is 2. The molecule has 11 heteroatoms. The number of carbonyl (C=O) groups is 2. The predicted molar refractivity (Wildman–Crippen MR) is 81.8 cm³/mol. The fourth-order valence-electron chi connectivity index (χ4n) is 1.15. The fraction of sp³-hybridized carbons (Fsp3) is 0.571. The van der Waals surface area contributed by atoms with E-state index in [9.17, 15) is 19.8 Å². The van der Waals surface area contributed by atoms with Gasteiger partial charge >= 0.3 is 37.7 Å². The van der Waals surface area contributed by atoms with Gasteiger partial charge in [-0.15, -0.1) is 0 Å². The van der Waals surface area contributed by atoms with Crippen LogP contribution in [-0.4, -0.2) is 105 Å².